The van der Waals surface area contributed by atoms with Crippen molar-refractivity contribution in [2.75, 3.05) is 13.2 Å². The highest BCUT2D eigenvalue weighted by molar-refractivity contribution is 6.32. The van der Waals surface area contributed by atoms with Crippen molar-refractivity contribution in [3.63, 3.8) is 0 Å². The van der Waals surface area contributed by atoms with Gasteiger partial charge in [0, 0.05) is 49.0 Å². The lowest BCUT2D eigenvalue weighted by atomic mass is 10.0. The van der Waals surface area contributed by atoms with Crippen molar-refractivity contribution in [1.29, 1.82) is 0 Å². The van der Waals surface area contributed by atoms with Crippen molar-refractivity contribution in [1.82, 2.24) is 14.5 Å². The van der Waals surface area contributed by atoms with E-state index in [1.807, 2.05) is 29.0 Å². The Hall–Kier alpha value is -3.09. The number of nitrogens with one attached hydrogen (secondary N) is 1. The van der Waals surface area contributed by atoms with Gasteiger partial charge < -0.3 is 14.3 Å². The zero-order valence-electron chi connectivity index (χ0n) is 17.0. The van der Waals surface area contributed by atoms with Gasteiger partial charge in [0.05, 0.1) is 16.2 Å². The van der Waals surface area contributed by atoms with Crippen molar-refractivity contribution < 1.29 is 9.13 Å². The van der Waals surface area contributed by atoms with Crippen LogP contribution in [0.3, 0.4) is 0 Å². The number of aromatic amines is 1. The molecule has 4 aromatic rings. The first-order valence-corrected chi connectivity index (χ1v) is 10.5. The average Bonchev–Trinajstić information content (AvgIpc) is 3.02. The van der Waals surface area contributed by atoms with E-state index in [0.717, 1.165) is 39.8 Å². The van der Waals surface area contributed by atoms with Gasteiger partial charge in [-0.15, -0.1) is 0 Å². The molecule has 5 rings (SSSR count). The van der Waals surface area contributed by atoms with Crippen molar-refractivity contribution in [2.45, 2.75) is 20.0 Å². The number of rotatable bonds is 3. The van der Waals surface area contributed by atoms with E-state index in [1.54, 1.807) is 18.3 Å². The normalized spacial score (nSPS) is 14.3. The Labute approximate surface area is 183 Å². The molecule has 0 unspecified atom stereocenters. The molecule has 0 radical (unpaired) electrons. The molecule has 1 aliphatic heterocycles. The number of pyridine rings is 1. The van der Waals surface area contributed by atoms with E-state index in [1.165, 1.54) is 12.1 Å². The van der Waals surface area contributed by atoms with Crippen LogP contribution in [0.1, 0.15) is 16.7 Å². The highest BCUT2D eigenvalue weighted by Crippen LogP contribution is 2.38. The molecule has 0 bridgehead atoms. The molecule has 1 N–H and O–H groups in total. The fourth-order valence-electron chi connectivity index (χ4n) is 4.24. The van der Waals surface area contributed by atoms with Gasteiger partial charge in [0.1, 0.15) is 18.2 Å². The third-order valence-electron chi connectivity index (χ3n) is 5.78. The minimum Gasteiger partial charge on any atom is -0.490 e. The van der Waals surface area contributed by atoms with Crippen LogP contribution in [0.5, 0.6) is 5.75 Å². The van der Waals surface area contributed by atoms with Gasteiger partial charge in [-0.25, -0.2) is 4.39 Å². The average molecular weight is 438 g/mol. The summed E-state index contributed by atoms with van der Waals surface area (Å²) in [7, 11) is 0. The van der Waals surface area contributed by atoms with Crippen LogP contribution in [0, 0.1) is 12.7 Å². The zero-order valence-corrected chi connectivity index (χ0v) is 17.7. The van der Waals surface area contributed by atoms with Crippen LogP contribution >= 0.6 is 11.6 Å². The molecule has 158 valence electrons. The van der Waals surface area contributed by atoms with Crippen LogP contribution in [0.2, 0.25) is 5.02 Å². The van der Waals surface area contributed by atoms with E-state index < -0.39 is 0 Å². The molecule has 3 heterocycles. The number of nitrogens with zero attached hydrogens (tertiary/aromatic N) is 2. The van der Waals surface area contributed by atoms with E-state index in [9.17, 15) is 9.18 Å². The fraction of sp³-hybridized carbons (Fsp3) is 0.208. The summed E-state index contributed by atoms with van der Waals surface area (Å²) in [6.07, 6.45) is 3.60. The van der Waals surface area contributed by atoms with E-state index in [4.69, 9.17) is 16.3 Å². The van der Waals surface area contributed by atoms with Gasteiger partial charge in [-0.2, -0.15) is 0 Å². The molecule has 0 spiro atoms. The lowest BCUT2D eigenvalue weighted by Gasteiger charge is -2.21. The lowest BCUT2D eigenvalue weighted by Crippen LogP contribution is -2.26. The number of ether oxygens (including phenoxy) is 1. The molecular formula is C24H21ClFN3O2. The Bertz CT molecular complexity index is 1340. The third kappa shape index (κ3) is 3.73. The Balaban J connectivity index is 1.56. The van der Waals surface area contributed by atoms with Gasteiger partial charge >= 0.3 is 0 Å². The highest BCUT2D eigenvalue weighted by Gasteiger charge is 2.23. The molecule has 0 saturated carbocycles. The first kappa shape index (κ1) is 19.8. The maximum Gasteiger partial charge on any atom is 0.248 e. The number of halogens is 2. The molecule has 2 aromatic heterocycles. The van der Waals surface area contributed by atoms with Gasteiger partial charge in [-0.1, -0.05) is 11.6 Å². The fourth-order valence-corrected chi connectivity index (χ4v) is 4.51. The molecule has 31 heavy (non-hydrogen) atoms. The maximum absolute atomic E-state index is 13.6. The van der Waals surface area contributed by atoms with Gasteiger partial charge in [0.2, 0.25) is 5.56 Å². The van der Waals surface area contributed by atoms with Gasteiger partial charge in [-0.3, -0.25) is 9.69 Å². The second kappa shape index (κ2) is 7.87. The molecule has 5 nitrogen and oxygen atoms in total. The van der Waals surface area contributed by atoms with Crippen LogP contribution in [0.15, 0.2) is 59.7 Å². The SMILES string of the molecule is Cc1c(-n2ccc3cc(F)ccc32)cc(Cl)c2c1CN(Cc1cc[nH]c(=O)c1)CCO2. The van der Waals surface area contributed by atoms with Crippen molar-refractivity contribution >= 4 is 22.5 Å². The van der Waals surface area contributed by atoms with Gasteiger partial charge in [0.15, 0.2) is 0 Å². The zero-order chi connectivity index (χ0) is 21.5. The van der Waals surface area contributed by atoms with Crippen molar-refractivity contribution in [3.8, 4) is 11.4 Å². The standard InChI is InChI=1S/C24H21ClFN3O2/c1-15-19-14-28(13-16-4-6-27-23(30)10-16)8-9-31-24(19)20(25)12-22(15)29-7-5-17-11-18(26)2-3-21(17)29/h2-7,10-12H,8-9,13-14H2,1H3,(H,27,30). The van der Waals surface area contributed by atoms with Crippen LogP contribution in [0.25, 0.3) is 16.6 Å². The Morgan fingerprint density at radius 1 is 1.19 bits per heavy atom. The van der Waals surface area contributed by atoms with Gasteiger partial charge in [-0.05, 0) is 54.4 Å². The Morgan fingerprint density at radius 3 is 2.90 bits per heavy atom. The monoisotopic (exact) mass is 437 g/mol. The summed E-state index contributed by atoms with van der Waals surface area (Å²) >= 11 is 6.65. The van der Waals surface area contributed by atoms with Crippen LogP contribution in [-0.4, -0.2) is 27.6 Å². The first-order valence-electron chi connectivity index (χ1n) is 10.1. The van der Waals surface area contributed by atoms with Gasteiger partial charge in [0.25, 0.3) is 0 Å². The van der Waals surface area contributed by atoms with E-state index in [0.29, 0.717) is 30.5 Å². The second-order valence-corrected chi connectivity index (χ2v) is 8.23. The summed E-state index contributed by atoms with van der Waals surface area (Å²) in [5, 5.41) is 1.38. The largest absolute Gasteiger partial charge is 0.490 e. The first-order chi connectivity index (χ1) is 15.0. The summed E-state index contributed by atoms with van der Waals surface area (Å²) in [6.45, 7) is 4.58. The summed E-state index contributed by atoms with van der Waals surface area (Å²) < 4.78 is 21.7. The number of fused-ring (bicyclic) bond motifs is 2. The van der Waals surface area contributed by atoms with Crippen molar-refractivity contribution in [2.24, 2.45) is 0 Å². The summed E-state index contributed by atoms with van der Waals surface area (Å²) in [5.74, 6) is 0.449. The topological polar surface area (TPSA) is 50.3 Å². The Kier molecular flexibility index (Phi) is 5.04. The third-order valence-corrected chi connectivity index (χ3v) is 6.07. The maximum atomic E-state index is 13.6. The number of hydrogen-bond donors (Lipinski definition) is 1. The predicted molar refractivity (Wildman–Crippen MR) is 120 cm³/mol. The minimum absolute atomic E-state index is 0.110. The molecular weight excluding hydrogens is 417 g/mol. The number of benzene rings is 2. The second-order valence-electron chi connectivity index (χ2n) is 7.82. The van der Waals surface area contributed by atoms with E-state index >= 15 is 0 Å². The predicted octanol–water partition coefficient (Wildman–Crippen LogP) is 4.81. The molecule has 0 fully saturated rings. The van der Waals surface area contributed by atoms with Crippen LogP contribution in [-0.2, 0) is 13.1 Å². The molecule has 0 aliphatic carbocycles. The van der Waals surface area contributed by atoms with E-state index in [2.05, 4.69) is 16.8 Å². The highest BCUT2D eigenvalue weighted by atomic mass is 35.5. The van der Waals surface area contributed by atoms with E-state index in [-0.39, 0.29) is 11.4 Å². The lowest BCUT2D eigenvalue weighted by molar-refractivity contribution is 0.219. The summed E-state index contributed by atoms with van der Waals surface area (Å²) in [6, 6.07) is 12.1. The summed E-state index contributed by atoms with van der Waals surface area (Å²) in [4.78, 5) is 16.6. The molecule has 7 heteroatoms. The molecule has 0 amide bonds. The number of H-pyrrole nitrogens is 1. The van der Waals surface area contributed by atoms with Crippen LogP contribution in [0.4, 0.5) is 4.39 Å². The summed E-state index contributed by atoms with van der Waals surface area (Å²) in [5.41, 5.74) is 4.77. The van der Waals surface area contributed by atoms with Crippen molar-refractivity contribution in [3.05, 3.63) is 92.7 Å². The number of hydrogen-bond acceptors (Lipinski definition) is 3. The number of aromatic nitrogens is 2. The molecule has 1 aliphatic rings. The smallest absolute Gasteiger partial charge is 0.248 e. The molecule has 0 saturated heterocycles. The van der Waals surface area contributed by atoms with Crippen LogP contribution < -0.4 is 10.3 Å². The molecule has 2 aromatic carbocycles. The molecule has 0 atom stereocenters. The Morgan fingerprint density at radius 2 is 2.06 bits per heavy atom. The minimum atomic E-state index is -0.259. The quantitative estimate of drug-likeness (QED) is 0.500.